The van der Waals surface area contributed by atoms with E-state index in [2.05, 4.69) is 104 Å². The molecule has 5 aromatic carbocycles. The summed E-state index contributed by atoms with van der Waals surface area (Å²) in [5, 5.41) is 0. The first kappa shape index (κ1) is 36.7. The number of hydrogen-bond donors (Lipinski definition) is 0. The Balaban J connectivity index is 1.30. The summed E-state index contributed by atoms with van der Waals surface area (Å²) in [6.07, 6.45) is 5.16. The van der Waals surface area contributed by atoms with Gasteiger partial charge in [-0.15, -0.1) is 0 Å². The van der Waals surface area contributed by atoms with E-state index in [9.17, 15) is 0 Å². The van der Waals surface area contributed by atoms with Crippen LogP contribution in [0.3, 0.4) is 0 Å². The molecule has 0 spiro atoms. The van der Waals surface area contributed by atoms with Gasteiger partial charge in [0.05, 0.1) is 19.8 Å². The minimum absolute atomic E-state index is 0.250. The molecule has 51 heavy (non-hydrogen) atoms. The van der Waals surface area contributed by atoms with Crippen LogP contribution in [0.2, 0.25) is 0 Å². The van der Waals surface area contributed by atoms with E-state index in [1.165, 1.54) is 25.7 Å². The highest BCUT2D eigenvalue weighted by molar-refractivity contribution is 5.47. The number of hydrogen-bond acceptors (Lipinski definition) is 5. The molecule has 5 heteroatoms. The van der Waals surface area contributed by atoms with Crippen molar-refractivity contribution < 1.29 is 23.7 Å². The molecule has 0 bridgehead atoms. The van der Waals surface area contributed by atoms with Crippen LogP contribution in [-0.4, -0.2) is 37.8 Å². The lowest BCUT2D eigenvalue weighted by atomic mass is 9.80. The molecule has 1 aliphatic rings. The van der Waals surface area contributed by atoms with E-state index in [4.69, 9.17) is 23.7 Å². The fourth-order valence-corrected chi connectivity index (χ4v) is 6.93. The van der Waals surface area contributed by atoms with Crippen molar-refractivity contribution in [3.05, 3.63) is 179 Å². The number of benzene rings is 5. The molecule has 5 aromatic rings. The van der Waals surface area contributed by atoms with Crippen LogP contribution in [0.4, 0.5) is 0 Å². The predicted octanol–water partition coefficient (Wildman–Crippen LogP) is 10.3. The van der Waals surface area contributed by atoms with E-state index in [1.54, 1.807) is 0 Å². The minimum atomic E-state index is -0.894. The van der Waals surface area contributed by atoms with Gasteiger partial charge in [-0.05, 0) is 34.2 Å². The molecule has 4 atom stereocenters. The van der Waals surface area contributed by atoms with Gasteiger partial charge in [0, 0.05) is 6.61 Å². The minimum Gasteiger partial charge on any atom is -0.368 e. The molecule has 0 aromatic heterocycles. The van der Waals surface area contributed by atoms with E-state index in [0.29, 0.717) is 19.8 Å². The van der Waals surface area contributed by atoms with Crippen LogP contribution in [0.1, 0.15) is 73.3 Å². The summed E-state index contributed by atoms with van der Waals surface area (Å²) in [5.41, 5.74) is 4.39. The first-order chi connectivity index (χ1) is 25.3. The van der Waals surface area contributed by atoms with E-state index < -0.39 is 30.2 Å². The molecule has 1 fully saturated rings. The lowest BCUT2D eigenvalue weighted by molar-refractivity contribution is -0.187. The van der Waals surface area contributed by atoms with Gasteiger partial charge >= 0.3 is 0 Å². The van der Waals surface area contributed by atoms with Gasteiger partial charge in [-0.25, -0.2) is 0 Å². The van der Waals surface area contributed by atoms with Gasteiger partial charge in [-0.1, -0.05) is 191 Å². The highest BCUT2D eigenvalue weighted by Crippen LogP contribution is 2.41. The van der Waals surface area contributed by atoms with Gasteiger partial charge in [0.25, 0.3) is 0 Å². The quantitative estimate of drug-likeness (QED) is 0.0603. The second-order valence-corrected chi connectivity index (χ2v) is 13.3. The smallest absolute Gasteiger partial charge is 0.186 e. The van der Waals surface area contributed by atoms with Gasteiger partial charge in [0.15, 0.2) is 6.29 Å². The third-order valence-corrected chi connectivity index (χ3v) is 9.62. The zero-order chi connectivity index (χ0) is 35.0. The molecule has 0 amide bonds. The molecule has 1 aliphatic heterocycles. The third kappa shape index (κ3) is 9.82. The summed E-state index contributed by atoms with van der Waals surface area (Å²) in [6.45, 7) is 3.94. The van der Waals surface area contributed by atoms with Crippen molar-refractivity contribution in [1.82, 2.24) is 0 Å². The molecular formula is C46H52O5. The number of rotatable bonds is 20. The Kier molecular flexibility index (Phi) is 14.0. The number of unbranched alkanes of at least 4 members (excludes halogenated alkanes) is 5. The molecule has 0 unspecified atom stereocenters. The Labute approximate surface area is 304 Å². The summed E-state index contributed by atoms with van der Waals surface area (Å²) in [5.74, 6) is 0. The van der Waals surface area contributed by atoms with Crippen LogP contribution in [-0.2, 0) is 42.5 Å². The zero-order valence-corrected chi connectivity index (χ0v) is 29.9. The van der Waals surface area contributed by atoms with Crippen molar-refractivity contribution in [3.63, 3.8) is 0 Å². The molecule has 1 saturated heterocycles. The first-order valence-electron chi connectivity index (χ1n) is 18.7. The van der Waals surface area contributed by atoms with Crippen molar-refractivity contribution >= 4 is 0 Å². The van der Waals surface area contributed by atoms with Crippen LogP contribution in [0.15, 0.2) is 152 Å². The fraction of sp³-hybridized carbons (Fsp3) is 0.348. The van der Waals surface area contributed by atoms with Gasteiger partial charge in [0.2, 0.25) is 0 Å². The summed E-state index contributed by atoms with van der Waals surface area (Å²) in [7, 11) is 0. The molecule has 0 radical (unpaired) electrons. The Morgan fingerprint density at radius 2 is 0.922 bits per heavy atom. The Morgan fingerprint density at radius 3 is 1.41 bits per heavy atom. The van der Waals surface area contributed by atoms with Crippen molar-refractivity contribution in [2.75, 3.05) is 13.2 Å². The Morgan fingerprint density at radius 1 is 0.490 bits per heavy atom. The van der Waals surface area contributed by atoms with Crippen LogP contribution >= 0.6 is 0 Å². The Hall–Kier alpha value is -4.10. The highest BCUT2D eigenvalue weighted by atomic mass is 16.7. The van der Waals surface area contributed by atoms with Gasteiger partial charge in [0.1, 0.15) is 23.9 Å². The maximum absolute atomic E-state index is 7.28. The Bertz CT molecular complexity index is 1550. The summed E-state index contributed by atoms with van der Waals surface area (Å²) in [6, 6.07) is 51.8. The molecule has 266 valence electrons. The zero-order valence-electron chi connectivity index (χ0n) is 29.9. The van der Waals surface area contributed by atoms with Crippen molar-refractivity contribution in [2.45, 2.75) is 88.9 Å². The van der Waals surface area contributed by atoms with Gasteiger partial charge < -0.3 is 23.7 Å². The third-order valence-electron chi connectivity index (χ3n) is 9.62. The summed E-state index contributed by atoms with van der Waals surface area (Å²) in [4.78, 5) is 0. The largest absolute Gasteiger partial charge is 0.368 e. The topological polar surface area (TPSA) is 46.2 Å². The standard InChI is InChI=1S/C46H52O5/c1-2-3-4-5-6-22-33-47-45-44(49-35-38-25-14-8-15-26-38)43(48-34-37-23-12-7-13-24-37)42(51-45)36-50-46(39-27-16-9-17-28-39,40-29-18-10-19-30-40)41-31-20-11-21-32-41/h7-21,23-32,42-45H,2-6,22,33-36H2,1H3/t42-,43-,44+,45+/m1/s1. The molecule has 0 aliphatic carbocycles. The monoisotopic (exact) mass is 684 g/mol. The van der Waals surface area contributed by atoms with E-state index >= 15 is 0 Å². The lowest BCUT2D eigenvalue weighted by Gasteiger charge is -2.37. The molecule has 1 heterocycles. The molecule has 5 nitrogen and oxygen atoms in total. The van der Waals surface area contributed by atoms with Gasteiger partial charge in [-0.2, -0.15) is 0 Å². The second-order valence-electron chi connectivity index (χ2n) is 13.3. The van der Waals surface area contributed by atoms with E-state index in [1.807, 2.05) is 54.6 Å². The summed E-state index contributed by atoms with van der Waals surface area (Å²) >= 11 is 0. The van der Waals surface area contributed by atoms with Gasteiger partial charge in [-0.3, -0.25) is 0 Å². The molecule has 6 rings (SSSR count). The van der Waals surface area contributed by atoms with Crippen molar-refractivity contribution in [3.8, 4) is 0 Å². The number of ether oxygens (including phenoxy) is 5. The average Bonchev–Trinajstić information content (AvgIpc) is 3.53. The first-order valence-corrected chi connectivity index (χ1v) is 18.7. The average molecular weight is 685 g/mol. The summed E-state index contributed by atoms with van der Waals surface area (Å²) < 4.78 is 34.1. The van der Waals surface area contributed by atoms with Crippen LogP contribution in [0.25, 0.3) is 0 Å². The SMILES string of the molecule is CCCCCCCCO[C@H]1O[C@H](COC(c2ccccc2)(c2ccccc2)c2ccccc2)[C@@H](OCc2ccccc2)[C@@H]1OCc1ccccc1. The van der Waals surface area contributed by atoms with Crippen LogP contribution in [0.5, 0.6) is 0 Å². The van der Waals surface area contributed by atoms with E-state index in [0.717, 1.165) is 40.7 Å². The molecule has 0 N–H and O–H groups in total. The normalized spacial score (nSPS) is 18.9. The maximum atomic E-state index is 7.28. The van der Waals surface area contributed by atoms with Crippen molar-refractivity contribution in [2.24, 2.45) is 0 Å². The lowest BCUT2D eigenvalue weighted by Crippen LogP contribution is -2.42. The van der Waals surface area contributed by atoms with Crippen molar-refractivity contribution in [1.29, 1.82) is 0 Å². The highest BCUT2D eigenvalue weighted by Gasteiger charge is 2.49. The van der Waals surface area contributed by atoms with Crippen LogP contribution < -0.4 is 0 Å². The second kappa shape index (κ2) is 19.5. The maximum Gasteiger partial charge on any atom is 0.186 e. The predicted molar refractivity (Wildman–Crippen MR) is 203 cm³/mol. The molecule has 0 saturated carbocycles. The van der Waals surface area contributed by atoms with Crippen LogP contribution in [0, 0.1) is 0 Å². The fourth-order valence-electron chi connectivity index (χ4n) is 6.93. The van der Waals surface area contributed by atoms with E-state index in [-0.39, 0.29) is 6.61 Å². The molecular weight excluding hydrogens is 633 g/mol.